The summed E-state index contributed by atoms with van der Waals surface area (Å²) in [6.07, 6.45) is 0. The first-order valence-electron chi connectivity index (χ1n) is 11.8. The zero-order valence-corrected chi connectivity index (χ0v) is 20.2. The highest BCUT2D eigenvalue weighted by Gasteiger charge is 2.29. The van der Waals surface area contributed by atoms with Crippen molar-refractivity contribution in [3.05, 3.63) is 52.2 Å². The van der Waals surface area contributed by atoms with Gasteiger partial charge in [-0.15, -0.1) is 11.3 Å². The van der Waals surface area contributed by atoms with Gasteiger partial charge in [0.05, 0.1) is 28.8 Å². The summed E-state index contributed by atoms with van der Waals surface area (Å²) >= 11 is 1.43. The molecule has 0 unspecified atom stereocenters. The molecule has 5 heterocycles. The SMILES string of the molecule is CC(=O)N1CCN(C(=O)c2c(=O)c3ccc(N4CCOCC4)nc3n3c2sc2ccccc23)CC1. The molecule has 35 heavy (non-hydrogen) atoms. The minimum atomic E-state index is -0.299. The zero-order chi connectivity index (χ0) is 24.1. The monoisotopic (exact) mass is 491 g/mol. The number of amides is 2. The van der Waals surface area contributed by atoms with Gasteiger partial charge in [-0.25, -0.2) is 4.98 Å². The summed E-state index contributed by atoms with van der Waals surface area (Å²) in [7, 11) is 0. The van der Waals surface area contributed by atoms with Gasteiger partial charge in [0.25, 0.3) is 5.91 Å². The van der Waals surface area contributed by atoms with Crippen molar-refractivity contribution in [1.82, 2.24) is 19.2 Å². The molecule has 0 bridgehead atoms. The van der Waals surface area contributed by atoms with Gasteiger partial charge in [-0.05, 0) is 24.3 Å². The largest absolute Gasteiger partial charge is 0.378 e. The van der Waals surface area contributed by atoms with Crippen LogP contribution in [0.5, 0.6) is 0 Å². The van der Waals surface area contributed by atoms with Gasteiger partial charge >= 0.3 is 0 Å². The Bertz CT molecular complexity index is 1530. The van der Waals surface area contributed by atoms with E-state index in [9.17, 15) is 14.4 Å². The van der Waals surface area contributed by atoms with Gasteiger partial charge in [0.15, 0.2) is 5.65 Å². The molecule has 2 fully saturated rings. The van der Waals surface area contributed by atoms with Gasteiger partial charge in [-0.1, -0.05) is 12.1 Å². The second kappa shape index (κ2) is 8.62. The van der Waals surface area contributed by atoms with Crippen LogP contribution in [0.2, 0.25) is 0 Å². The van der Waals surface area contributed by atoms with E-state index in [1.54, 1.807) is 15.9 Å². The molecule has 2 aliphatic heterocycles. The number of nitrogens with zero attached hydrogens (tertiary/aromatic N) is 5. The molecule has 2 amide bonds. The molecule has 1 aromatic carbocycles. The van der Waals surface area contributed by atoms with Crippen molar-refractivity contribution in [2.45, 2.75) is 6.92 Å². The second-order valence-electron chi connectivity index (χ2n) is 8.85. The van der Waals surface area contributed by atoms with Crippen LogP contribution in [0.15, 0.2) is 41.2 Å². The average Bonchev–Trinajstić information content (AvgIpc) is 3.28. The van der Waals surface area contributed by atoms with Gasteiger partial charge in [-0.2, -0.15) is 0 Å². The van der Waals surface area contributed by atoms with Crippen LogP contribution in [0.25, 0.3) is 26.1 Å². The van der Waals surface area contributed by atoms with Gasteiger partial charge < -0.3 is 19.4 Å². The summed E-state index contributed by atoms with van der Waals surface area (Å²) < 4.78 is 8.41. The van der Waals surface area contributed by atoms with Crippen molar-refractivity contribution in [2.75, 3.05) is 57.4 Å². The molecule has 0 radical (unpaired) electrons. The van der Waals surface area contributed by atoms with E-state index in [1.165, 1.54) is 18.3 Å². The highest BCUT2D eigenvalue weighted by atomic mass is 32.1. The predicted molar refractivity (Wildman–Crippen MR) is 136 cm³/mol. The van der Waals surface area contributed by atoms with E-state index in [-0.39, 0.29) is 22.8 Å². The smallest absolute Gasteiger partial charge is 0.260 e. The number of hydrogen-bond acceptors (Lipinski definition) is 7. The topological polar surface area (TPSA) is 87.5 Å². The van der Waals surface area contributed by atoms with Gasteiger partial charge in [-0.3, -0.25) is 18.8 Å². The Hall–Kier alpha value is -3.50. The third-order valence-corrected chi connectivity index (χ3v) is 7.98. The highest BCUT2D eigenvalue weighted by molar-refractivity contribution is 7.24. The number of piperazine rings is 1. The maximum atomic E-state index is 13.8. The number of para-hydroxylation sites is 1. The Morgan fingerprint density at radius 2 is 1.66 bits per heavy atom. The Labute approximate surface area is 205 Å². The molecule has 3 aromatic heterocycles. The molecule has 180 valence electrons. The number of morpholine rings is 1. The lowest BCUT2D eigenvalue weighted by Gasteiger charge is -2.34. The summed E-state index contributed by atoms with van der Waals surface area (Å²) in [4.78, 5) is 50.3. The summed E-state index contributed by atoms with van der Waals surface area (Å²) in [6, 6.07) is 11.5. The number of carbonyl (C=O) groups is 2. The first-order valence-corrected chi connectivity index (χ1v) is 12.6. The molecular formula is C25H25N5O4S. The van der Waals surface area contributed by atoms with Crippen molar-refractivity contribution < 1.29 is 14.3 Å². The Balaban J connectivity index is 1.54. The number of fused-ring (bicyclic) bond motifs is 5. The summed E-state index contributed by atoms with van der Waals surface area (Å²) in [5.74, 6) is 0.502. The maximum Gasteiger partial charge on any atom is 0.260 e. The molecular weight excluding hydrogens is 466 g/mol. The first kappa shape index (κ1) is 22.0. The molecule has 6 rings (SSSR count). The van der Waals surface area contributed by atoms with E-state index in [0.29, 0.717) is 55.3 Å². The van der Waals surface area contributed by atoms with Crippen LogP contribution >= 0.6 is 11.3 Å². The van der Waals surface area contributed by atoms with Crippen LogP contribution in [-0.4, -0.2) is 83.5 Å². The van der Waals surface area contributed by atoms with E-state index in [1.807, 2.05) is 34.7 Å². The zero-order valence-electron chi connectivity index (χ0n) is 19.4. The van der Waals surface area contributed by atoms with Crippen LogP contribution in [0.3, 0.4) is 0 Å². The van der Waals surface area contributed by atoms with Crippen LogP contribution < -0.4 is 10.3 Å². The Morgan fingerprint density at radius 1 is 0.943 bits per heavy atom. The Kier molecular flexibility index (Phi) is 5.42. The number of rotatable bonds is 2. The molecule has 0 aliphatic carbocycles. The minimum absolute atomic E-state index is 0.00285. The van der Waals surface area contributed by atoms with Crippen molar-refractivity contribution in [3.63, 3.8) is 0 Å². The predicted octanol–water partition coefficient (Wildman–Crippen LogP) is 2.20. The van der Waals surface area contributed by atoms with Crippen molar-refractivity contribution in [1.29, 1.82) is 0 Å². The Morgan fingerprint density at radius 3 is 2.40 bits per heavy atom. The minimum Gasteiger partial charge on any atom is -0.378 e. The third-order valence-electron chi connectivity index (χ3n) is 6.83. The molecule has 0 saturated carbocycles. The lowest BCUT2D eigenvalue weighted by Crippen LogP contribution is -2.50. The molecule has 10 heteroatoms. The quantitative estimate of drug-likeness (QED) is 0.427. The summed E-state index contributed by atoms with van der Waals surface area (Å²) in [5.41, 5.74) is 1.35. The number of carbonyl (C=O) groups excluding carboxylic acids is 2. The van der Waals surface area contributed by atoms with Crippen LogP contribution in [0.4, 0.5) is 5.82 Å². The van der Waals surface area contributed by atoms with Crippen LogP contribution in [-0.2, 0) is 9.53 Å². The summed E-state index contributed by atoms with van der Waals surface area (Å²) in [6.45, 7) is 6.04. The van der Waals surface area contributed by atoms with E-state index >= 15 is 0 Å². The molecule has 2 saturated heterocycles. The number of benzene rings is 1. The fourth-order valence-electron chi connectivity index (χ4n) is 4.92. The van der Waals surface area contributed by atoms with E-state index in [2.05, 4.69) is 4.90 Å². The van der Waals surface area contributed by atoms with Crippen molar-refractivity contribution in [3.8, 4) is 0 Å². The van der Waals surface area contributed by atoms with Gasteiger partial charge in [0.1, 0.15) is 16.2 Å². The van der Waals surface area contributed by atoms with E-state index in [4.69, 9.17) is 9.72 Å². The highest BCUT2D eigenvalue weighted by Crippen LogP contribution is 2.32. The molecule has 0 atom stereocenters. The number of pyridine rings is 2. The maximum absolute atomic E-state index is 13.8. The van der Waals surface area contributed by atoms with E-state index < -0.39 is 0 Å². The summed E-state index contributed by atoms with van der Waals surface area (Å²) in [5, 5.41) is 0.425. The third kappa shape index (κ3) is 3.64. The average molecular weight is 492 g/mol. The standard InChI is InChI=1S/C25H25N5O4S/c1-16(31)27-8-10-29(11-9-27)24(33)21-22(32)17-6-7-20(28-12-14-34-15-13-28)26-23(17)30-18-4-2-3-5-19(18)35-25(21)30/h2-7H,8-15H2,1H3. The van der Waals surface area contributed by atoms with Gasteiger partial charge in [0.2, 0.25) is 11.3 Å². The molecule has 0 spiro atoms. The molecule has 0 N–H and O–H groups in total. The molecule has 4 aromatic rings. The van der Waals surface area contributed by atoms with E-state index in [0.717, 1.165) is 29.1 Å². The molecule has 9 nitrogen and oxygen atoms in total. The first-order chi connectivity index (χ1) is 17.0. The number of thiazole rings is 1. The fourth-order valence-corrected chi connectivity index (χ4v) is 6.10. The number of ether oxygens (including phenoxy) is 1. The number of anilines is 1. The molecule has 2 aliphatic rings. The second-order valence-corrected chi connectivity index (χ2v) is 9.88. The lowest BCUT2D eigenvalue weighted by molar-refractivity contribution is -0.130. The van der Waals surface area contributed by atoms with Gasteiger partial charge in [0, 0.05) is 46.2 Å². The number of aromatic nitrogens is 2. The number of hydrogen-bond donors (Lipinski definition) is 0. The van der Waals surface area contributed by atoms with Crippen LogP contribution in [0, 0.1) is 0 Å². The lowest BCUT2D eigenvalue weighted by atomic mass is 10.1. The normalized spacial score (nSPS) is 17.0. The van der Waals surface area contributed by atoms with Crippen molar-refractivity contribution in [2.24, 2.45) is 0 Å². The van der Waals surface area contributed by atoms with Crippen molar-refractivity contribution >= 4 is 55.0 Å². The fraction of sp³-hybridized carbons (Fsp3) is 0.360. The van der Waals surface area contributed by atoms with Crippen LogP contribution in [0.1, 0.15) is 17.3 Å².